The summed E-state index contributed by atoms with van der Waals surface area (Å²) in [5.41, 5.74) is -1.48. The third-order valence-corrected chi connectivity index (χ3v) is 5.21. The van der Waals surface area contributed by atoms with E-state index in [1.807, 2.05) is 4.72 Å². The number of sulfonamides is 1. The minimum absolute atomic E-state index is 0.169. The number of anilines is 1. The average molecular weight is 411 g/mol. The number of rotatable bonds is 5. The molecule has 0 spiro atoms. The summed E-state index contributed by atoms with van der Waals surface area (Å²) in [5, 5.41) is 11.1. The molecule has 0 saturated carbocycles. The van der Waals surface area contributed by atoms with Crippen molar-refractivity contribution in [2.24, 2.45) is 0 Å². The molecule has 3 rings (SSSR count). The number of aromatic nitrogens is 1. The summed E-state index contributed by atoms with van der Waals surface area (Å²) in [6.45, 7) is 0. The fourth-order valence-electron chi connectivity index (χ4n) is 2.50. The zero-order chi connectivity index (χ0) is 20.6. The van der Waals surface area contributed by atoms with Crippen LogP contribution >= 0.6 is 0 Å². The molecule has 0 aliphatic carbocycles. The van der Waals surface area contributed by atoms with Crippen molar-refractivity contribution >= 4 is 38.3 Å². The Morgan fingerprint density at radius 1 is 1.21 bits per heavy atom. The van der Waals surface area contributed by atoms with Crippen LogP contribution in [0.2, 0.25) is 0 Å². The molecule has 28 heavy (non-hydrogen) atoms. The van der Waals surface area contributed by atoms with Gasteiger partial charge in [0, 0.05) is 6.07 Å². The molecule has 0 aliphatic heterocycles. The fraction of sp³-hybridized carbons (Fsp3) is 0.0625. The molecule has 3 aromatic rings. The van der Waals surface area contributed by atoms with Crippen molar-refractivity contribution in [2.75, 3.05) is 11.8 Å². The number of aromatic amines is 1. The van der Waals surface area contributed by atoms with Crippen LogP contribution in [0.5, 0.6) is 0 Å². The summed E-state index contributed by atoms with van der Waals surface area (Å²) in [6, 6.07) is 4.44. The van der Waals surface area contributed by atoms with Gasteiger partial charge in [-0.1, -0.05) is 0 Å². The summed E-state index contributed by atoms with van der Waals surface area (Å²) in [4.78, 5) is 23.9. The number of carbonyl (C=O) groups is 1. The molecule has 0 amide bonds. The lowest BCUT2D eigenvalue weighted by atomic mass is 10.2. The van der Waals surface area contributed by atoms with E-state index >= 15 is 0 Å². The Hall–Kier alpha value is -3.54. The van der Waals surface area contributed by atoms with E-state index in [4.69, 9.17) is 0 Å². The Balaban J connectivity index is 1.98. The van der Waals surface area contributed by atoms with Crippen molar-refractivity contribution < 1.29 is 31.7 Å². The average Bonchev–Trinajstić information content (AvgIpc) is 3.07. The number of fused-ring (bicyclic) bond motifs is 1. The van der Waals surface area contributed by atoms with Crippen LogP contribution in [-0.2, 0) is 14.8 Å². The van der Waals surface area contributed by atoms with Crippen molar-refractivity contribution in [3.63, 3.8) is 0 Å². The number of benzene rings is 2. The minimum Gasteiger partial charge on any atom is -0.465 e. The Labute approximate surface area is 156 Å². The topological polar surface area (TPSA) is 131 Å². The van der Waals surface area contributed by atoms with Crippen LogP contribution in [0.1, 0.15) is 10.4 Å². The van der Waals surface area contributed by atoms with Gasteiger partial charge in [-0.25, -0.2) is 22.0 Å². The molecule has 0 bridgehead atoms. The minimum atomic E-state index is -4.36. The van der Waals surface area contributed by atoms with E-state index in [-0.39, 0.29) is 21.5 Å². The first-order chi connectivity index (χ1) is 13.1. The molecule has 2 aromatic carbocycles. The largest absolute Gasteiger partial charge is 0.465 e. The van der Waals surface area contributed by atoms with Crippen molar-refractivity contribution in [2.45, 2.75) is 4.90 Å². The molecule has 146 valence electrons. The third kappa shape index (κ3) is 3.36. The lowest BCUT2D eigenvalue weighted by Gasteiger charge is -2.11. The molecule has 0 atom stereocenters. The van der Waals surface area contributed by atoms with Gasteiger partial charge in [0.25, 0.3) is 15.7 Å². The zero-order valence-corrected chi connectivity index (χ0v) is 14.8. The van der Waals surface area contributed by atoms with Gasteiger partial charge in [0.15, 0.2) is 0 Å². The van der Waals surface area contributed by atoms with E-state index in [0.717, 1.165) is 25.4 Å². The predicted octanol–water partition coefficient (Wildman–Crippen LogP) is 2.94. The Kier molecular flexibility index (Phi) is 4.73. The van der Waals surface area contributed by atoms with E-state index in [9.17, 15) is 32.1 Å². The van der Waals surface area contributed by atoms with Gasteiger partial charge in [0.05, 0.1) is 45.3 Å². The maximum Gasteiger partial charge on any atom is 0.340 e. The molecule has 0 fully saturated rings. The van der Waals surface area contributed by atoms with Crippen molar-refractivity contribution in [1.82, 2.24) is 4.98 Å². The van der Waals surface area contributed by atoms with Crippen molar-refractivity contribution in [1.29, 1.82) is 0 Å². The molecule has 1 heterocycles. The quantitative estimate of drug-likeness (QED) is 0.377. The predicted molar refractivity (Wildman–Crippen MR) is 93.5 cm³/mol. The lowest BCUT2D eigenvalue weighted by Crippen LogP contribution is -2.15. The van der Waals surface area contributed by atoms with Crippen LogP contribution < -0.4 is 4.72 Å². The van der Waals surface area contributed by atoms with Gasteiger partial charge >= 0.3 is 5.97 Å². The molecule has 9 nitrogen and oxygen atoms in total. The van der Waals surface area contributed by atoms with E-state index < -0.39 is 43.8 Å². The SMILES string of the molecule is COC(=O)c1cc(F)c(NS(=O)(=O)c2ccc3c([N+](=O)[O-])c[nH]c3c2)cc1F. The Bertz CT molecular complexity index is 1220. The molecular weight excluding hydrogens is 400 g/mol. The molecule has 0 radical (unpaired) electrons. The monoisotopic (exact) mass is 411 g/mol. The van der Waals surface area contributed by atoms with Crippen LogP contribution in [0.15, 0.2) is 41.4 Å². The maximum atomic E-state index is 14.1. The molecule has 1 aromatic heterocycles. The first-order valence-corrected chi connectivity index (χ1v) is 8.98. The summed E-state index contributed by atoms with van der Waals surface area (Å²) < 4.78 is 59.3. The van der Waals surface area contributed by atoms with Crippen molar-refractivity contribution in [3.05, 3.63) is 63.8 Å². The number of hydrogen-bond acceptors (Lipinski definition) is 6. The normalized spacial score (nSPS) is 11.4. The van der Waals surface area contributed by atoms with Crippen LogP contribution in [0, 0.1) is 21.7 Å². The third-order valence-electron chi connectivity index (χ3n) is 3.84. The number of methoxy groups -OCH3 is 1. The first-order valence-electron chi connectivity index (χ1n) is 7.49. The smallest absolute Gasteiger partial charge is 0.340 e. The van der Waals surface area contributed by atoms with Crippen molar-refractivity contribution in [3.8, 4) is 0 Å². The fourth-order valence-corrected chi connectivity index (χ4v) is 3.59. The number of hydrogen-bond donors (Lipinski definition) is 2. The molecule has 12 heteroatoms. The highest BCUT2D eigenvalue weighted by atomic mass is 32.2. The Morgan fingerprint density at radius 2 is 1.93 bits per heavy atom. The molecule has 0 aliphatic rings. The summed E-state index contributed by atoms with van der Waals surface area (Å²) in [5.74, 6) is -3.49. The van der Waals surface area contributed by atoms with Gasteiger partial charge in [-0.15, -0.1) is 0 Å². The number of halogens is 2. The number of ether oxygens (including phenoxy) is 1. The number of H-pyrrole nitrogens is 1. The zero-order valence-electron chi connectivity index (χ0n) is 14.0. The lowest BCUT2D eigenvalue weighted by molar-refractivity contribution is -0.383. The van der Waals surface area contributed by atoms with E-state index in [0.29, 0.717) is 12.1 Å². The van der Waals surface area contributed by atoms with E-state index in [1.165, 1.54) is 6.07 Å². The number of nitro groups is 1. The second-order valence-corrected chi connectivity index (χ2v) is 7.23. The summed E-state index contributed by atoms with van der Waals surface area (Å²) >= 11 is 0. The summed E-state index contributed by atoms with van der Waals surface area (Å²) in [6.07, 6.45) is 1.11. The number of nitrogens with zero attached hydrogens (tertiary/aromatic N) is 1. The highest BCUT2D eigenvalue weighted by molar-refractivity contribution is 7.92. The van der Waals surface area contributed by atoms with Gasteiger partial charge in [-0.2, -0.15) is 0 Å². The number of esters is 1. The molecule has 2 N–H and O–H groups in total. The molecule has 0 saturated heterocycles. The second kappa shape index (κ2) is 6.88. The Morgan fingerprint density at radius 3 is 2.57 bits per heavy atom. The maximum absolute atomic E-state index is 14.1. The highest BCUT2D eigenvalue weighted by Crippen LogP contribution is 2.28. The van der Waals surface area contributed by atoms with Crippen LogP contribution in [0.25, 0.3) is 10.9 Å². The summed E-state index contributed by atoms with van der Waals surface area (Å²) in [7, 11) is -3.37. The first kappa shape index (κ1) is 19.2. The van der Waals surface area contributed by atoms with Gasteiger partial charge < -0.3 is 9.72 Å². The standard InChI is InChI=1S/C16H11F2N3O6S/c1-27-16(22)10-5-12(18)14(6-11(10)17)20-28(25,26)8-2-3-9-13(4-8)19-7-15(9)21(23)24/h2-7,19-20H,1H3. The number of nitrogens with one attached hydrogen (secondary N) is 2. The highest BCUT2D eigenvalue weighted by Gasteiger charge is 2.22. The van der Waals surface area contributed by atoms with Crippen LogP contribution in [-0.4, -0.2) is 31.4 Å². The molecular formula is C16H11F2N3O6S. The van der Waals surface area contributed by atoms with Crippen LogP contribution in [0.3, 0.4) is 0 Å². The van der Waals surface area contributed by atoms with Gasteiger partial charge in [-0.05, 0) is 24.3 Å². The van der Waals surface area contributed by atoms with Crippen LogP contribution in [0.4, 0.5) is 20.2 Å². The van der Waals surface area contributed by atoms with E-state index in [2.05, 4.69) is 9.72 Å². The molecule has 0 unspecified atom stereocenters. The van der Waals surface area contributed by atoms with Gasteiger partial charge in [0.2, 0.25) is 0 Å². The van der Waals surface area contributed by atoms with E-state index in [1.54, 1.807) is 0 Å². The number of carbonyl (C=O) groups excluding carboxylic acids is 1. The second-order valence-electron chi connectivity index (χ2n) is 5.55. The van der Waals surface area contributed by atoms with Gasteiger partial charge in [-0.3, -0.25) is 14.8 Å². The van der Waals surface area contributed by atoms with Gasteiger partial charge in [0.1, 0.15) is 11.6 Å².